The number of para-hydroxylation sites is 2. The minimum Gasteiger partial charge on any atom is -0.493 e. The number of aromatic amines is 1. The topological polar surface area (TPSA) is 87.0 Å². The van der Waals surface area contributed by atoms with Gasteiger partial charge in [0.25, 0.3) is 5.91 Å². The molecule has 0 spiro atoms. The minimum atomic E-state index is -0.522. The number of amides is 1. The molecule has 6 nitrogen and oxygen atoms in total. The molecule has 0 bridgehead atoms. The maximum atomic E-state index is 12.3. The van der Waals surface area contributed by atoms with E-state index in [-0.39, 0.29) is 11.6 Å². The Hall–Kier alpha value is -3.15. The van der Waals surface area contributed by atoms with E-state index in [9.17, 15) is 9.90 Å². The standard InChI is InChI=1S/C18H17N3O3/c1-2-11-24-15-10-6-4-8-13(15)17(22)21-20-16-12-7-3-5-9-14(12)19-18(16)23/h3-10,19,23H,2,11H2,1H3. The van der Waals surface area contributed by atoms with Crippen LogP contribution in [0, 0.1) is 0 Å². The Kier molecular flexibility index (Phi) is 4.56. The molecule has 1 aromatic heterocycles. The van der Waals surface area contributed by atoms with Gasteiger partial charge in [-0.25, -0.2) is 0 Å². The minimum absolute atomic E-state index is 0.122. The predicted molar refractivity (Wildman–Crippen MR) is 91.0 cm³/mol. The highest BCUT2D eigenvalue weighted by molar-refractivity contribution is 5.98. The van der Waals surface area contributed by atoms with Crippen LogP contribution in [0.15, 0.2) is 58.8 Å². The average molecular weight is 323 g/mol. The Bertz CT molecular complexity index is 899. The monoisotopic (exact) mass is 323 g/mol. The number of fused-ring (bicyclic) bond motifs is 1. The number of ether oxygens (including phenoxy) is 1. The van der Waals surface area contributed by atoms with Crippen LogP contribution in [0.1, 0.15) is 23.7 Å². The zero-order valence-electron chi connectivity index (χ0n) is 13.2. The molecule has 0 saturated carbocycles. The second-order valence-corrected chi connectivity index (χ2v) is 5.22. The first-order valence-corrected chi connectivity index (χ1v) is 7.68. The Morgan fingerprint density at radius 3 is 2.75 bits per heavy atom. The third-order valence-electron chi connectivity index (χ3n) is 3.48. The summed E-state index contributed by atoms with van der Waals surface area (Å²) in [7, 11) is 0. The normalized spacial score (nSPS) is 11.2. The fourth-order valence-corrected chi connectivity index (χ4v) is 2.34. The van der Waals surface area contributed by atoms with E-state index in [4.69, 9.17) is 4.74 Å². The van der Waals surface area contributed by atoms with Crippen LogP contribution in [-0.2, 0) is 0 Å². The third-order valence-corrected chi connectivity index (χ3v) is 3.48. The van der Waals surface area contributed by atoms with Gasteiger partial charge in [-0.2, -0.15) is 0 Å². The molecule has 3 rings (SSSR count). The first-order valence-electron chi connectivity index (χ1n) is 7.68. The van der Waals surface area contributed by atoms with Crippen molar-refractivity contribution in [1.29, 1.82) is 0 Å². The number of hydrogen-bond acceptors (Lipinski definition) is 4. The van der Waals surface area contributed by atoms with Crippen LogP contribution in [0.25, 0.3) is 10.9 Å². The van der Waals surface area contributed by atoms with E-state index < -0.39 is 5.91 Å². The number of aromatic hydroxyl groups is 1. The van der Waals surface area contributed by atoms with Crippen molar-refractivity contribution in [3.8, 4) is 11.6 Å². The van der Waals surface area contributed by atoms with Crippen molar-refractivity contribution in [2.75, 3.05) is 6.61 Å². The zero-order valence-corrected chi connectivity index (χ0v) is 13.2. The van der Waals surface area contributed by atoms with Crippen molar-refractivity contribution in [2.24, 2.45) is 10.2 Å². The van der Waals surface area contributed by atoms with E-state index in [1.165, 1.54) is 0 Å². The second kappa shape index (κ2) is 6.95. The van der Waals surface area contributed by atoms with Crippen molar-refractivity contribution >= 4 is 22.5 Å². The highest BCUT2D eigenvalue weighted by Gasteiger charge is 2.13. The molecule has 1 heterocycles. The summed E-state index contributed by atoms with van der Waals surface area (Å²) in [5.74, 6) is -0.166. The molecule has 0 unspecified atom stereocenters. The Morgan fingerprint density at radius 1 is 1.17 bits per heavy atom. The lowest BCUT2D eigenvalue weighted by Gasteiger charge is -2.07. The summed E-state index contributed by atoms with van der Waals surface area (Å²) in [5.41, 5.74) is 1.31. The van der Waals surface area contributed by atoms with Crippen molar-refractivity contribution in [1.82, 2.24) is 4.98 Å². The van der Waals surface area contributed by atoms with Gasteiger partial charge in [0, 0.05) is 5.39 Å². The van der Waals surface area contributed by atoms with Crippen molar-refractivity contribution < 1.29 is 14.6 Å². The molecule has 6 heteroatoms. The van der Waals surface area contributed by atoms with Crippen molar-refractivity contribution in [2.45, 2.75) is 13.3 Å². The van der Waals surface area contributed by atoms with E-state index in [1.807, 2.05) is 25.1 Å². The Balaban J connectivity index is 1.89. The summed E-state index contributed by atoms with van der Waals surface area (Å²) >= 11 is 0. The van der Waals surface area contributed by atoms with E-state index >= 15 is 0 Å². The predicted octanol–water partition coefficient (Wildman–Crippen LogP) is 4.59. The van der Waals surface area contributed by atoms with Gasteiger partial charge in [-0.15, -0.1) is 10.2 Å². The number of benzene rings is 2. The molecule has 1 amide bonds. The van der Waals surface area contributed by atoms with Gasteiger partial charge in [-0.1, -0.05) is 37.3 Å². The lowest BCUT2D eigenvalue weighted by molar-refractivity contribution is 0.0991. The van der Waals surface area contributed by atoms with Crippen LogP contribution in [0.5, 0.6) is 11.6 Å². The molecule has 0 aliphatic rings. The van der Waals surface area contributed by atoms with Crippen LogP contribution in [0.4, 0.5) is 5.69 Å². The highest BCUT2D eigenvalue weighted by Crippen LogP contribution is 2.35. The first kappa shape index (κ1) is 15.7. The molecule has 0 radical (unpaired) electrons. The quantitative estimate of drug-likeness (QED) is 0.673. The number of aromatic nitrogens is 1. The van der Waals surface area contributed by atoms with Gasteiger partial charge in [-0.3, -0.25) is 4.79 Å². The first-order chi connectivity index (χ1) is 11.7. The lowest BCUT2D eigenvalue weighted by atomic mass is 10.2. The number of hydrogen-bond donors (Lipinski definition) is 2. The number of H-pyrrole nitrogens is 1. The molecule has 122 valence electrons. The lowest BCUT2D eigenvalue weighted by Crippen LogP contribution is -2.02. The largest absolute Gasteiger partial charge is 0.493 e. The van der Waals surface area contributed by atoms with E-state index in [0.717, 1.165) is 11.9 Å². The number of nitrogens with one attached hydrogen (secondary N) is 1. The summed E-state index contributed by atoms with van der Waals surface area (Å²) in [6.07, 6.45) is 0.841. The Morgan fingerprint density at radius 2 is 1.92 bits per heavy atom. The molecule has 2 aromatic carbocycles. The Labute approximate surface area is 138 Å². The fourth-order valence-electron chi connectivity index (χ4n) is 2.34. The van der Waals surface area contributed by atoms with Crippen molar-refractivity contribution in [3.63, 3.8) is 0 Å². The number of nitrogens with zero attached hydrogens (tertiary/aromatic N) is 2. The summed E-state index contributed by atoms with van der Waals surface area (Å²) in [4.78, 5) is 15.1. The highest BCUT2D eigenvalue weighted by atomic mass is 16.5. The van der Waals surface area contributed by atoms with Crippen LogP contribution in [-0.4, -0.2) is 22.6 Å². The molecule has 2 N–H and O–H groups in total. The van der Waals surface area contributed by atoms with Gasteiger partial charge in [0.05, 0.1) is 17.7 Å². The molecule has 0 aliphatic carbocycles. The van der Waals surface area contributed by atoms with Gasteiger partial charge < -0.3 is 14.8 Å². The van der Waals surface area contributed by atoms with Gasteiger partial charge in [0.15, 0.2) is 5.69 Å². The number of carbonyl (C=O) groups is 1. The summed E-state index contributed by atoms with van der Waals surface area (Å²) in [5, 5.41) is 18.3. The summed E-state index contributed by atoms with van der Waals surface area (Å²) < 4.78 is 5.56. The van der Waals surface area contributed by atoms with Crippen molar-refractivity contribution in [3.05, 3.63) is 54.1 Å². The molecule has 24 heavy (non-hydrogen) atoms. The second-order valence-electron chi connectivity index (χ2n) is 5.22. The van der Waals surface area contributed by atoms with Crippen LogP contribution >= 0.6 is 0 Å². The van der Waals surface area contributed by atoms with E-state index in [1.54, 1.807) is 30.3 Å². The smallest absolute Gasteiger partial charge is 0.299 e. The van der Waals surface area contributed by atoms with E-state index in [2.05, 4.69) is 15.2 Å². The molecule has 3 aromatic rings. The molecule has 0 atom stereocenters. The number of rotatable bonds is 5. The maximum absolute atomic E-state index is 12.3. The molecule has 0 saturated heterocycles. The third kappa shape index (κ3) is 3.12. The SMILES string of the molecule is CCCOc1ccccc1C(=O)N=Nc1c(O)[nH]c2ccccc12. The van der Waals surface area contributed by atoms with Crippen LogP contribution in [0.2, 0.25) is 0 Å². The number of carbonyl (C=O) groups excluding carboxylic acids is 1. The van der Waals surface area contributed by atoms with Crippen LogP contribution in [0.3, 0.4) is 0 Å². The summed E-state index contributed by atoms with van der Waals surface area (Å²) in [6.45, 7) is 2.51. The number of azo groups is 1. The van der Waals surface area contributed by atoms with Crippen LogP contribution < -0.4 is 4.74 Å². The summed E-state index contributed by atoms with van der Waals surface area (Å²) in [6, 6.07) is 14.2. The fraction of sp³-hybridized carbons (Fsp3) is 0.167. The molecule has 0 fully saturated rings. The molecule has 0 aliphatic heterocycles. The molecular weight excluding hydrogens is 306 g/mol. The average Bonchev–Trinajstić information content (AvgIpc) is 2.93. The van der Waals surface area contributed by atoms with Gasteiger partial charge in [-0.05, 0) is 24.6 Å². The van der Waals surface area contributed by atoms with Gasteiger partial charge in [0.2, 0.25) is 5.88 Å². The molecular formula is C18H17N3O3. The zero-order chi connectivity index (χ0) is 16.9. The van der Waals surface area contributed by atoms with Gasteiger partial charge >= 0.3 is 0 Å². The maximum Gasteiger partial charge on any atom is 0.299 e. The van der Waals surface area contributed by atoms with E-state index in [0.29, 0.717) is 23.3 Å². The van der Waals surface area contributed by atoms with Gasteiger partial charge in [0.1, 0.15) is 5.75 Å².